The SMILES string of the molecule is COc1ccc(/C(C#N)=C\c2ccc(OC(=O)c3cc(OC)c(OC)c(OC)c3)c(OC)c2)cc1. The first kappa shape index (κ1) is 25.0. The standard InChI is InChI=1S/C27H25NO7/c1-30-21-9-7-18(8-10-21)20(16-28)12-17-6-11-22(23(13-17)31-2)35-27(29)19-14-24(32-3)26(34-5)25(15-19)33-4/h6-15H,1-5H3/b20-12-. The molecule has 8 heteroatoms. The summed E-state index contributed by atoms with van der Waals surface area (Å²) in [5.74, 6) is 1.62. The molecule has 0 aliphatic rings. The Balaban J connectivity index is 1.89. The lowest BCUT2D eigenvalue weighted by Crippen LogP contribution is -2.10. The smallest absolute Gasteiger partial charge is 0.343 e. The molecular formula is C27H25NO7. The molecule has 8 nitrogen and oxygen atoms in total. The van der Waals surface area contributed by atoms with Gasteiger partial charge in [-0.1, -0.05) is 6.07 Å². The molecule has 0 aliphatic carbocycles. The fourth-order valence-corrected chi connectivity index (χ4v) is 3.33. The van der Waals surface area contributed by atoms with Gasteiger partial charge in [-0.25, -0.2) is 4.79 Å². The van der Waals surface area contributed by atoms with Crippen molar-refractivity contribution in [3.05, 3.63) is 71.3 Å². The van der Waals surface area contributed by atoms with Crippen LogP contribution in [-0.2, 0) is 0 Å². The molecular weight excluding hydrogens is 450 g/mol. The highest BCUT2D eigenvalue weighted by Crippen LogP contribution is 2.39. The van der Waals surface area contributed by atoms with Gasteiger partial charge in [-0.3, -0.25) is 0 Å². The summed E-state index contributed by atoms with van der Waals surface area (Å²) in [4.78, 5) is 12.9. The van der Waals surface area contributed by atoms with Crippen molar-refractivity contribution in [3.63, 3.8) is 0 Å². The largest absolute Gasteiger partial charge is 0.497 e. The Hall–Kier alpha value is -4.64. The highest BCUT2D eigenvalue weighted by atomic mass is 16.6. The number of allylic oxidation sites excluding steroid dienone is 1. The summed E-state index contributed by atoms with van der Waals surface area (Å²) in [6.45, 7) is 0. The first-order valence-electron chi connectivity index (χ1n) is 10.4. The Morgan fingerprint density at radius 2 is 1.34 bits per heavy atom. The van der Waals surface area contributed by atoms with E-state index in [1.807, 2.05) is 0 Å². The van der Waals surface area contributed by atoms with Crippen LogP contribution < -0.4 is 28.4 Å². The molecule has 0 unspecified atom stereocenters. The number of ether oxygens (including phenoxy) is 6. The summed E-state index contributed by atoms with van der Waals surface area (Å²) in [5.41, 5.74) is 2.10. The predicted molar refractivity (Wildman–Crippen MR) is 131 cm³/mol. The van der Waals surface area contributed by atoms with E-state index in [9.17, 15) is 10.1 Å². The normalized spacial score (nSPS) is 10.7. The summed E-state index contributed by atoms with van der Waals surface area (Å²) in [6, 6.07) is 17.4. The van der Waals surface area contributed by atoms with E-state index in [0.29, 0.717) is 39.9 Å². The molecule has 35 heavy (non-hydrogen) atoms. The van der Waals surface area contributed by atoms with Gasteiger partial charge in [0.25, 0.3) is 0 Å². The lowest BCUT2D eigenvalue weighted by molar-refractivity contribution is 0.0728. The molecule has 3 rings (SSSR count). The van der Waals surface area contributed by atoms with Crippen molar-refractivity contribution in [3.8, 4) is 40.6 Å². The van der Waals surface area contributed by atoms with E-state index in [4.69, 9.17) is 28.4 Å². The van der Waals surface area contributed by atoms with Crippen molar-refractivity contribution in [1.82, 2.24) is 0 Å². The highest BCUT2D eigenvalue weighted by molar-refractivity contribution is 5.93. The van der Waals surface area contributed by atoms with Crippen molar-refractivity contribution >= 4 is 17.6 Å². The van der Waals surface area contributed by atoms with Gasteiger partial charge >= 0.3 is 5.97 Å². The molecule has 0 atom stereocenters. The lowest BCUT2D eigenvalue weighted by atomic mass is 10.0. The zero-order valence-electron chi connectivity index (χ0n) is 20.1. The van der Waals surface area contributed by atoms with Gasteiger partial charge in [0.2, 0.25) is 5.75 Å². The molecule has 0 heterocycles. The maximum atomic E-state index is 12.9. The van der Waals surface area contributed by atoms with E-state index < -0.39 is 5.97 Å². The highest BCUT2D eigenvalue weighted by Gasteiger charge is 2.19. The average Bonchev–Trinajstić information content (AvgIpc) is 2.91. The Kier molecular flexibility index (Phi) is 8.20. The van der Waals surface area contributed by atoms with E-state index in [1.54, 1.807) is 55.7 Å². The number of nitriles is 1. The van der Waals surface area contributed by atoms with E-state index in [0.717, 1.165) is 5.56 Å². The van der Waals surface area contributed by atoms with Crippen LogP contribution in [0.3, 0.4) is 0 Å². The van der Waals surface area contributed by atoms with Crippen LogP contribution in [-0.4, -0.2) is 41.5 Å². The summed E-state index contributed by atoms with van der Waals surface area (Å²) in [5, 5.41) is 9.64. The third-order valence-corrected chi connectivity index (χ3v) is 5.12. The number of carbonyl (C=O) groups is 1. The summed E-state index contributed by atoms with van der Waals surface area (Å²) < 4.78 is 32.1. The van der Waals surface area contributed by atoms with Gasteiger partial charge in [-0.15, -0.1) is 0 Å². The maximum Gasteiger partial charge on any atom is 0.343 e. The third kappa shape index (κ3) is 5.65. The molecule has 0 N–H and O–H groups in total. The Morgan fingerprint density at radius 1 is 0.714 bits per heavy atom. The average molecular weight is 475 g/mol. The predicted octanol–water partition coefficient (Wildman–Crippen LogP) is 5.01. The number of benzene rings is 3. The molecule has 0 aliphatic heterocycles. The second-order valence-corrected chi connectivity index (χ2v) is 7.11. The minimum atomic E-state index is -0.637. The van der Waals surface area contributed by atoms with Gasteiger partial charge in [0.1, 0.15) is 5.75 Å². The zero-order chi connectivity index (χ0) is 25.4. The number of hydrogen-bond acceptors (Lipinski definition) is 8. The molecule has 0 saturated heterocycles. The van der Waals surface area contributed by atoms with E-state index in [1.165, 1.54) is 40.6 Å². The van der Waals surface area contributed by atoms with Gasteiger partial charge in [0.15, 0.2) is 23.0 Å². The molecule has 0 aromatic heterocycles. The van der Waals surface area contributed by atoms with Crippen LogP contribution in [0.2, 0.25) is 0 Å². The minimum absolute atomic E-state index is 0.205. The number of nitrogens with zero attached hydrogens (tertiary/aromatic N) is 1. The molecule has 0 radical (unpaired) electrons. The molecule has 0 spiro atoms. The molecule has 3 aromatic rings. The van der Waals surface area contributed by atoms with Crippen molar-refractivity contribution < 1.29 is 33.2 Å². The molecule has 3 aromatic carbocycles. The van der Waals surface area contributed by atoms with Crippen LogP contribution in [0, 0.1) is 11.3 Å². The number of rotatable bonds is 9. The van der Waals surface area contributed by atoms with E-state index in [2.05, 4.69) is 6.07 Å². The van der Waals surface area contributed by atoms with Crippen LogP contribution in [0.4, 0.5) is 0 Å². The van der Waals surface area contributed by atoms with Gasteiger partial charge in [-0.05, 0) is 65.7 Å². The van der Waals surface area contributed by atoms with Gasteiger partial charge in [0.05, 0.1) is 52.8 Å². The number of hydrogen-bond donors (Lipinski definition) is 0. The number of esters is 1. The van der Waals surface area contributed by atoms with Crippen molar-refractivity contribution in [2.24, 2.45) is 0 Å². The van der Waals surface area contributed by atoms with Gasteiger partial charge in [0, 0.05) is 0 Å². The Bertz CT molecular complexity index is 1250. The topological polar surface area (TPSA) is 96.2 Å². The number of methoxy groups -OCH3 is 5. The van der Waals surface area contributed by atoms with E-state index >= 15 is 0 Å². The van der Waals surface area contributed by atoms with Gasteiger partial charge < -0.3 is 28.4 Å². The van der Waals surface area contributed by atoms with Crippen LogP contribution in [0.5, 0.6) is 34.5 Å². The summed E-state index contributed by atoms with van der Waals surface area (Å²) in [6.07, 6.45) is 1.72. The Labute approximate surface area is 203 Å². The second-order valence-electron chi connectivity index (χ2n) is 7.11. The molecule has 180 valence electrons. The quantitative estimate of drug-likeness (QED) is 0.184. The fraction of sp³-hybridized carbons (Fsp3) is 0.185. The van der Waals surface area contributed by atoms with Crippen LogP contribution in [0.1, 0.15) is 21.5 Å². The monoisotopic (exact) mass is 475 g/mol. The first-order valence-corrected chi connectivity index (χ1v) is 10.4. The lowest BCUT2D eigenvalue weighted by Gasteiger charge is -2.14. The zero-order valence-corrected chi connectivity index (χ0v) is 20.1. The molecule has 0 fully saturated rings. The fourth-order valence-electron chi connectivity index (χ4n) is 3.33. The maximum absolute atomic E-state index is 12.9. The van der Waals surface area contributed by atoms with Crippen LogP contribution >= 0.6 is 0 Å². The summed E-state index contributed by atoms with van der Waals surface area (Å²) in [7, 11) is 7.45. The molecule has 0 bridgehead atoms. The van der Waals surface area contributed by atoms with E-state index in [-0.39, 0.29) is 11.3 Å². The van der Waals surface area contributed by atoms with Crippen molar-refractivity contribution in [2.45, 2.75) is 0 Å². The van der Waals surface area contributed by atoms with Crippen LogP contribution in [0.15, 0.2) is 54.6 Å². The number of carbonyl (C=O) groups excluding carboxylic acids is 1. The molecule has 0 amide bonds. The van der Waals surface area contributed by atoms with Crippen molar-refractivity contribution in [1.29, 1.82) is 5.26 Å². The Morgan fingerprint density at radius 3 is 1.86 bits per heavy atom. The summed E-state index contributed by atoms with van der Waals surface area (Å²) >= 11 is 0. The first-order chi connectivity index (χ1) is 17.0. The van der Waals surface area contributed by atoms with Crippen molar-refractivity contribution in [2.75, 3.05) is 35.5 Å². The van der Waals surface area contributed by atoms with Crippen LogP contribution in [0.25, 0.3) is 11.6 Å². The van der Waals surface area contributed by atoms with Gasteiger partial charge in [-0.2, -0.15) is 5.26 Å². The molecule has 0 saturated carbocycles. The second kappa shape index (κ2) is 11.5. The minimum Gasteiger partial charge on any atom is -0.497 e. The third-order valence-electron chi connectivity index (χ3n) is 5.12.